The fourth-order valence-electron chi connectivity index (χ4n) is 2.76. The minimum Gasteiger partial charge on any atom is -0.325 e. The predicted octanol–water partition coefficient (Wildman–Crippen LogP) is 5.01. The second-order valence-corrected chi connectivity index (χ2v) is 10.3. The van der Waals surface area contributed by atoms with E-state index in [2.05, 4.69) is 20.0 Å². The van der Waals surface area contributed by atoms with Gasteiger partial charge in [-0.15, -0.1) is 11.3 Å². The predicted molar refractivity (Wildman–Crippen MR) is 123 cm³/mol. The minimum absolute atomic E-state index is 0.170. The van der Waals surface area contributed by atoms with Crippen LogP contribution in [-0.4, -0.2) is 25.3 Å². The molecule has 9 heteroatoms. The number of amides is 1. The van der Waals surface area contributed by atoms with Crippen molar-refractivity contribution in [1.29, 1.82) is 0 Å². The molecule has 2 aromatic heterocycles. The lowest BCUT2D eigenvalue weighted by Gasteiger charge is -2.21. The quantitative estimate of drug-likeness (QED) is 0.485. The fraction of sp³-hybridized carbons (Fsp3) is 0.286. The lowest BCUT2D eigenvalue weighted by Crippen LogP contribution is -2.35. The normalized spacial score (nSPS) is 14.9. The Labute approximate surface area is 186 Å². The van der Waals surface area contributed by atoms with Gasteiger partial charge in [0.05, 0.1) is 22.1 Å². The van der Waals surface area contributed by atoms with Crippen LogP contribution in [-0.2, 0) is 21.2 Å². The number of nitrogens with one attached hydrogen (secondary N) is 2. The summed E-state index contributed by atoms with van der Waals surface area (Å²) in [6.45, 7) is 3.65. The smallest absolute Gasteiger partial charge is 0.236 e. The summed E-state index contributed by atoms with van der Waals surface area (Å²) in [5.41, 5.74) is 2.16. The zero-order valence-electron chi connectivity index (χ0n) is 16.5. The van der Waals surface area contributed by atoms with Crippen LogP contribution < -0.4 is 10.0 Å². The molecule has 1 aliphatic carbocycles. The molecule has 1 saturated carbocycles. The third-order valence-corrected chi connectivity index (χ3v) is 7.45. The van der Waals surface area contributed by atoms with Crippen molar-refractivity contribution in [2.24, 2.45) is 0 Å². The number of hydrogen-bond donors (Lipinski definition) is 2. The van der Waals surface area contributed by atoms with E-state index in [0.717, 1.165) is 24.1 Å². The Morgan fingerprint density at radius 1 is 1.17 bits per heavy atom. The maximum absolute atomic E-state index is 12.9. The van der Waals surface area contributed by atoms with Crippen LogP contribution in [0.15, 0.2) is 47.8 Å². The zero-order chi connectivity index (χ0) is 21.3. The van der Waals surface area contributed by atoms with E-state index in [1.807, 2.05) is 55.6 Å². The van der Waals surface area contributed by atoms with Gasteiger partial charge in [0.1, 0.15) is 16.1 Å². The van der Waals surface area contributed by atoms with Crippen LogP contribution in [0.3, 0.4) is 0 Å². The molecule has 1 aromatic carbocycles. The highest BCUT2D eigenvalue weighted by Crippen LogP contribution is 2.31. The zero-order valence-corrected chi connectivity index (χ0v) is 18.9. The van der Waals surface area contributed by atoms with Crippen LogP contribution in [0.1, 0.15) is 32.4 Å². The molecular weight excluding hydrogens is 440 g/mol. The molecule has 4 rings (SSSR count). The van der Waals surface area contributed by atoms with Crippen LogP contribution >= 0.6 is 22.9 Å². The molecule has 1 unspecified atom stereocenters. The number of rotatable bonds is 7. The van der Waals surface area contributed by atoms with Gasteiger partial charge in [0.2, 0.25) is 5.91 Å². The maximum Gasteiger partial charge on any atom is 0.236 e. The summed E-state index contributed by atoms with van der Waals surface area (Å²) in [5.74, 6) is -0.170. The topological polar surface area (TPSA) is 84.0 Å². The van der Waals surface area contributed by atoms with Crippen molar-refractivity contribution in [2.45, 2.75) is 37.4 Å². The summed E-state index contributed by atoms with van der Waals surface area (Å²) in [4.78, 5) is 21.7. The van der Waals surface area contributed by atoms with E-state index >= 15 is 0 Å². The average molecular weight is 461 g/mol. The third kappa shape index (κ3) is 4.71. The number of halogens is 1. The lowest BCUT2D eigenvalue weighted by molar-refractivity contribution is -0.120. The molecule has 156 valence electrons. The highest BCUT2D eigenvalue weighted by atomic mass is 35.5. The van der Waals surface area contributed by atoms with Gasteiger partial charge in [-0.05, 0) is 51.0 Å². The highest BCUT2D eigenvalue weighted by molar-refractivity contribution is 7.87. The number of carbonyl (C=O) groups is 1. The lowest BCUT2D eigenvalue weighted by atomic mass is 9.89. The van der Waals surface area contributed by atoms with Gasteiger partial charge >= 0.3 is 0 Å². The number of hydrogen-bond acceptors (Lipinski definition) is 5. The molecule has 0 bridgehead atoms. The van der Waals surface area contributed by atoms with Crippen LogP contribution in [0.2, 0.25) is 5.15 Å². The number of aromatic nitrogens is 2. The Bertz CT molecular complexity index is 1090. The van der Waals surface area contributed by atoms with Crippen molar-refractivity contribution in [3.05, 3.63) is 58.7 Å². The minimum atomic E-state index is -1.10. The Kier molecular flexibility index (Phi) is 5.90. The van der Waals surface area contributed by atoms with E-state index in [4.69, 9.17) is 11.6 Å². The number of carbonyl (C=O) groups excluding carboxylic acids is 1. The van der Waals surface area contributed by atoms with Crippen LogP contribution in [0.5, 0.6) is 0 Å². The monoisotopic (exact) mass is 460 g/mol. The number of nitrogens with zero attached hydrogens (tertiary/aromatic N) is 2. The summed E-state index contributed by atoms with van der Waals surface area (Å²) in [5, 5.41) is 6.02. The first-order valence-electron chi connectivity index (χ1n) is 9.50. The molecule has 2 heterocycles. The second kappa shape index (κ2) is 8.45. The van der Waals surface area contributed by atoms with E-state index in [1.165, 1.54) is 11.3 Å². The standard InChI is InChI=1S/C21H21ClN4O2S2/c1-21(2,17-12-29-20(25-17)26-30(28)15-10-11-15)19(27)23-14-8-6-13(7-9-14)16-4-3-5-18(22)24-16/h3-9,12,15H,10-11H2,1-2H3,(H,23,27)(H,25,26). The number of anilines is 2. The van der Waals surface area contributed by atoms with Crippen molar-refractivity contribution in [3.63, 3.8) is 0 Å². The summed E-state index contributed by atoms with van der Waals surface area (Å²) in [7, 11) is -1.10. The molecule has 0 radical (unpaired) electrons. The van der Waals surface area contributed by atoms with Gasteiger partial charge in [-0.2, -0.15) is 0 Å². The van der Waals surface area contributed by atoms with Crippen molar-refractivity contribution < 1.29 is 9.00 Å². The van der Waals surface area contributed by atoms with Crippen molar-refractivity contribution >= 4 is 50.6 Å². The van der Waals surface area contributed by atoms with Crippen LogP contribution in [0.4, 0.5) is 10.8 Å². The van der Waals surface area contributed by atoms with Crippen LogP contribution in [0, 0.1) is 0 Å². The van der Waals surface area contributed by atoms with Crippen molar-refractivity contribution in [2.75, 3.05) is 10.0 Å². The van der Waals surface area contributed by atoms with Gasteiger partial charge < -0.3 is 5.32 Å². The maximum atomic E-state index is 12.9. The molecule has 0 saturated heterocycles. The third-order valence-electron chi connectivity index (χ3n) is 4.88. The van der Waals surface area contributed by atoms with Gasteiger partial charge in [0.25, 0.3) is 0 Å². The van der Waals surface area contributed by atoms with Gasteiger partial charge in [-0.3, -0.25) is 9.52 Å². The second-order valence-electron chi connectivity index (χ2n) is 7.64. The Balaban J connectivity index is 1.43. The number of thiazole rings is 1. The van der Waals surface area contributed by atoms with E-state index < -0.39 is 16.4 Å². The molecule has 0 aliphatic heterocycles. The molecule has 1 atom stereocenters. The van der Waals surface area contributed by atoms with E-state index in [9.17, 15) is 9.00 Å². The summed E-state index contributed by atoms with van der Waals surface area (Å²) in [6, 6.07) is 12.9. The Morgan fingerprint density at radius 2 is 1.90 bits per heavy atom. The summed E-state index contributed by atoms with van der Waals surface area (Å²) < 4.78 is 15.0. The first-order chi connectivity index (χ1) is 14.3. The molecule has 2 N–H and O–H groups in total. The first-order valence-corrected chi connectivity index (χ1v) is 12.0. The largest absolute Gasteiger partial charge is 0.325 e. The Morgan fingerprint density at radius 3 is 2.57 bits per heavy atom. The average Bonchev–Trinajstić information content (AvgIpc) is 3.47. The Hall–Kier alpha value is -2.29. The molecule has 3 aromatic rings. The molecule has 6 nitrogen and oxygen atoms in total. The van der Waals surface area contributed by atoms with E-state index in [1.54, 1.807) is 6.07 Å². The van der Waals surface area contributed by atoms with Gasteiger partial charge in [-0.25, -0.2) is 14.2 Å². The van der Waals surface area contributed by atoms with Crippen molar-refractivity contribution in [3.8, 4) is 11.3 Å². The summed E-state index contributed by atoms with van der Waals surface area (Å²) in [6.07, 6.45) is 1.97. The number of pyridine rings is 1. The van der Waals surface area contributed by atoms with Gasteiger partial charge in [-0.1, -0.05) is 29.8 Å². The number of benzene rings is 1. The van der Waals surface area contributed by atoms with E-state index in [0.29, 0.717) is 21.7 Å². The van der Waals surface area contributed by atoms with Crippen LogP contribution in [0.25, 0.3) is 11.3 Å². The molecule has 1 amide bonds. The summed E-state index contributed by atoms with van der Waals surface area (Å²) >= 11 is 7.32. The molecule has 0 spiro atoms. The van der Waals surface area contributed by atoms with Crippen molar-refractivity contribution in [1.82, 2.24) is 9.97 Å². The molecule has 1 aliphatic rings. The fourth-order valence-corrected chi connectivity index (χ4v) is 5.03. The SMILES string of the molecule is CC(C)(C(=O)Nc1ccc(-c2cccc(Cl)n2)cc1)c1csc(NS(=O)C2CC2)n1. The van der Waals surface area contributed by atoms with Gasteiger partial charge in [0, 0.05) is 16.6 Å². The molecular formula is C21H21ClN4O2S2. The highest BCUT2D eigenvalue weighted by Gasteiger charge is 2.33. The van der Waals surface area contributed by atoms with Gasteiger partial charge in [0.15, 0.2) is 5.13 Å². The molecule has 30 heavy (non-hydrogen) atoms. The van der Waals surface area contributed by atoms with E-state index in [-0.39, 0.29) is 11.2 Å². The molecule has 1 fully saturated rings. The first kappa shape index (κ1) is 21.0.